The molecule has 1 atom stereocenters. The number of halogens is 2. The Hall–Kier alpha value is -1.86. The lowest BCUT2D eigenvalue weighted by atomic mass is 10.1. The number of rotatable bonds is 3. The van der Waals surface area contributed by atoms with E-state index in [0.717, 1.165) is 5.69 Å². The number of benzene rings is 2. The zero-order chi connectivity index (χ0) is 13.0. The third-order valence-corrected chi connectivity index (χ3v) is 3.17. The quantitative estimate of drug-likeness (QED) is 0.919. The van der Waals surface area contributed by atoms with Crippen LogP contribution in [0, 0.1) is 17.1 Å². The zero-order valence-corrected chi connectivity index (χ0v) is 11.0. The molecule has 0 fully saturated rings. The number of anilines is 1. The van der Waals surface area contributed by atoms with Crippen molar-refractivity contribution >= 4 is 21.6 Å². The topological polar surface area (TPSA) is 35.8 Å². The second-order valence-corrected chi connectivity index (χ2v) is 4.59. The van der Waals surface area contributed by atoms with E-state index in [4.69, 9.17) is 0 Å². The minimum Gasteiger partial charge on any atom is -0.366 e. The Labute approximate surface area is 113 Å². The summed E-state index contributed by atoms with van der Waals surface area (Å²) in [5.41, 5.74) is 1.56. The first kappa shape index (κ1) is 12.6. The third-order valence-electron chi connectivity index (χ3n) is 2.49. The molecule has 0 aliphatic carbocycles. The summed E-state index contributed by atoms with van der Waals surface area (Å²) in [5, 5.41) is 12.3. The van der Waals surface area contributed by atoms with Gasteiger partial charge in [-0.3, -0.25) is 0 Å². The third kappa shape index (κ3) is 2.88. The molecule has 0 amide bonds. The molecule has 18 heavy (non-hydrogen) atoms. The summed E-state index contributed by atoms with van der Waals surface area (Å²) in [7, 11) is 0. The molecular weight excluding hydrogens is 295 g/mol. The normalized spacial score (nSPS) is 11.6. The Kier molecular flexibility index (Phi) is 3.96. The summed E-state index contributed by atoms with van der Waals surface area (Å²) in [6, 6.07) is 15.4. The van der Waals surface area contributed by atoms with Crippen molar-refractivity contribution in [2.75, 3.05) is 5.32 Å². The average molecular weight is 305 g/mol. The first-order valence-corrected chi connectivity index (χ1v) is 6.16. The Bertz CT molecular complexity index is 578. The number of hydrogen-bond acceptors (Lipinski definition) is 2. The van der Waals surface area contributed by atoms with E-state index in [1.54, 1.807) is 6.07 Å². The summed E-state index contributed by atoms with van der Waals surface area (Å²) in [5.74, 6) is -0.331. The van der Waals surface area contributed by atoms with E-state index in [0.29, 0.717) is 10.0 Å². The van der Waals surface area contributed by atoms with Crippen LogP contribution in [0.4, 0.5) is 10.1 Å². The Morgan fingerprint density at radius 1 is 1.17 bits per heavy atom. The first-order chi connectivity index (χ1) is 8.70. The molecule has 0 aromatic heterocycles. The van der Waals surface area contributed by atoms with Gasteiger partial charge < -0.3 is 5.32 Å². The van der Waals surface area contributed by atoms with Crippen LogP contribution in [0.5, 0.6) is 0 Å². The second kappa shape index (κ2) is 5.65. The molecule has 4 heteroatoms. The SMILES string of the molecule is N#CC(Nc1ccccc1)c1ccc(F)cc1Br. The molecule has 2 nitrogen and oxygen atoms in total. The van der Waals surface area contributed by atoms with Gasteiger partial charge in [0.15, 0.2) is 0 Å². The molecule has 2 aromatic rings. The molecule has 90 valence electrons. The molecule has 0 spiro atoms. The van der Waals surface area contributed by atoms with Crippen molar-refractivity contribution in [2.45, 2.75) is 6.04 Å². The van der Waals surface area contributed by atoms with Gasteiger partial charge in [0, 0.05) is 15.7 Å². The summed E-state index contributed by atoms with van der Waals surface area (Å²) in [4.78, 5) is 0. The highest BCUT2D eigenvalue weighted by molar-refractivity contribution is 9.10. The first-order valence-electron chi connectivity index (χ1n) is 5.37. The Morgan fingerprint density at radius 2 is 1.89 bits per heavy atom. The molecule has 0 saturated carbocycles. The van der Waals surface area contributed by atoms with Gasteiger partial charge in [-0.05, 0) is 24.3 Å². The molecule has 0 radical (unpaired) electrons. The van der Waals surface area contributed by atoms with E-state index in [1.807, 2.05) is 30.3 Å². The van der Waals surface area contributed by atoms with Crippen molar-refractivity contribution in [2.24, 2.45) is 0 Å². The minimum atomic E-state index is -0.526. The lowest BCUT2D eigenvalue weighted by Gasteiger charge is -2.14. The molecular formula is C14H10BrFN2. The highest BCUT2D eigenvalue weighted by Gasteiger charge is 2.14. The van der Waals surface area contributed by atoms with E-state index in [2.05, 4.69) is 27.3 Å². The van der Waals surface area contributed by atoms with Crippen LogP contribution in [0.1, 0.15) is 11.6 Å². The number of hydrogen-bond donors (Lipinski definition) is 1. The Morgan fingerprint density at radius 3 is 2.50 bits per heavy atom. The molecule has 1 N–H and O–H groups in total. The smallest absolute Gasteiger partial charge is 0.141 e. The lowest BCUT2D eigenvalue weighted by Crippen LogP contribution is -2.09. The standard InChI is InChI=1S/C14H10BrFN2/c15-13-8-10(16)6-7-12(13)14(9-17)18-11-4-2-1-3-5-11/h1-8,14,18H. The predicted octanol–water partition coefficient (Wildman–Crippen LogP) is 4.26. The number of para-hydroxylation sites is 1. The van der Waals surface area contributed by atoms with Crippen LogP contribution < -0.4 is 5.32 Å². The van der Waals surface area contributed by atoms with Gasteiger partial charge in [0.1, 0.15) is 11.9 Å². The van der Waals surface area contributed by atoms with E-state index in [9.17, 15) is 9.65 Å². The van der Waals surface area contributed by atoms with Crippen molar-refractivity contribution in [3.05, 3.63) is 64.4 Å². The molecule has 2 rings (SSSR count). The Balaban J connectivity index is 2.27. The summed E-state index contributed by atoms with van der Waals surface area (Å²) in [6.45, 7) is 0. The van der Waals surface area contributed by atoms with E-state index in [1.165, 1.54) is 12.1 Å². The molecule has 0 aliphatic heterocycles. The fraction of sp³-hybridized carbons (Fsp3) is 0.0714. The van der Waals surface area contributed by atoms with Crippen LogP contribution in [0.3, 0.4) is 0 Å². The summed E-state index contributed by atoms with van der Waals surface area (Å²) in [6.07, 6.45) is 0. The number of nitrogens with zero attached hydrogens (tertiary/aromatic N) is 1. The van der Waals surface area contributed by atoms with Crippen molar-refractivity contribution in [1.29, 1.82) is 5.26 Å². The highest BCUT2D eigenvalue weighted by atomic mass is 79.9. The monoisotopic (exact) mass is 304 g/mol. The van der Waals surface area contributed by atoms with Gasteiger partial charge in [-0.1, -0.05) is 40.2 Å². The van der Waals surface area contributed by atoms with Crippen LogP contribution in [0.25, 0.3) is 0 Å². The van der Waals surface area contributed by atoms with Crippen LogP contribution in [-0.2, 0) is 0 Å². The van der Waals surface area contributed by atoms with Crippen molar-refractivity contribution < 1.29 is 4.39 Å². The maximum absolute atomic E-state index is 13.0. The van der Waals surface area contributed by atoms with Gasteiger partial charge in [0.25, 0.3) is 0 Å². The van der Waals surface area contributed by atoms with Crippen LogP contribution in [0.15, 0.2) is 53.0 Å². The van der Waals surface area contributed by atoms with Gasteiger partial charge in [0.2, 0.25) is 0 Å². The van der Waals surface area contributed by atoms with E-state index in [-0.39, 0.29) is 5.82 Å². The van der Waals surface area contributed by atoms with Crippen LogP contribution in [-0.4, -0.2) is 0 Å². The zero-order valence-electron chi connectivity index (χ0n) is 9.40. The van der Waals surface area contributed by atoms with Crippen molar-refractivity contribution in [1.82, 2.24) is 0 Å². The maximum Gasteiger partial charge on any atom is 0.141 e. The predicted molar refractivity (Wildman–Crippen MR) is 72.5 cm³/mol. The van der Waals surface area contributed by atoms with Gasteiger partial charge in [-0.25, -0.2) is 4.39 Å². The average Bonchev–Trinajstić information content (AvgIpc) is 2.38. The van der Waals surface area contributed by atoms with Gasteiger partial charge in [-0.15, -0.1) is 0 Å². The number of nitriles is 1. The van der Waals surface area contributed by atoms with Gasteiger partial charge in [0.05, 0.1) is 6.07 Å². The fourth-order valence-corrected chi connectivity index (χ4v) is 2.20. The van der Waals surface area contributed by atoms with Crippen LogP contribution >= 0.6 is 15.9 Å². The highest BCUT2D eigenvalue weighted by Crippen LogP contribution is 2.26. The van der Waals surface area contributed by atoms with Crippen molar-refractivity contribution in [3.63, 3.8) is 0 Å². The molecule has 2 aromatic carbocycles. The lowest BCUT2D eigenvalue weighted by molar-refractivity contribution is 0.625. The van der Waals surface area contributed by atoms with E-state index >= 15 is 0 Å². The van der Waals surface area contributed by atoms with Crippen LogP contribution in [0.2, 0.25) is 0 Å². The summed E-state index contributed by atoms with van der Waals surface area (Å²) < 4.78 is 13.6. The van der Waals surface area contributed by atoms with E-state index < -0.39 is 6.04 Å². The largest absolute Gasteiger partial charge is 0.366 e. The molecule has 1 unspecified atom stereocenters. The summed E-state index contributed by atoms with van der Waals surface area (Å²) >= 11 is 3.27. The molecule has 0 aliphatic rings. The fourth-order valence-electron chi connectivity index (χ4n) is 1.62. The molecule has 0 bridgehead atoms. The van der Waals surface area contributed by atoms with Gasteiger partial charge >= 0.3 is 0 Å². The maximum atomic E-state index is 13.0. The molecule has 0 heterocycles. The minimum absolute atomic E-state index is 0.331. The molecule has 0 saturated heterocycles. The second-order valence-electron chi connectivity index (χ2n) is 3.74. The number of nitrogens with one attached hydrogen (secondary N) is 1. The van der Waals surface area contributed by atoms with Crippen molar-refractivity contribution in [3.8, 4) is 6.07 Å². The van der Waals surface area contributed by atoms with Gasteiger partial charge in [-0.2, -0.15) is 5.26 Å².